The van der Waals surface area contributed by atoms with Gasteiger partial charge in [-0.1, -0.05) is 12.1 Å². The molecule has 3 aromatic rings. The van der Waals surface area contributed by atoms with Crippen LogP contribution in [0.25, 0.3) is 0 Å². The van der Waals surface area contributed by atoms with Crippen molar-refractivity contribution < 1.29 is 21.9 Å². The molecule has 0 unspecified atom stereocenters. The van der Waals surface area contributed by atoms with Crippen LogP contribution in [0.1, 0.15) is 10.4 Å². The molecule has 9 heteroatoms. The summed E-state index contributed by atoms with van der Waals surface area (Å²) in [5.41, 5.74) is 1.27. The van der Waals surface area contributed by atoms with Gasteiger partial charge in [-0.25, -0.2) is 17.2 Å². The molecule has 0 saturated carbocycles. The van der Waals surface area contributed by atoms with Crippen LogP contribution in [0.5, 0.6) is 0 Å². The summed E-state index contributed by atoms with van der Waals surface area (Å²) in [6.07, 6.45) is 0. The highest BCUT2D eigenvalue weighted by Gasteiger charge is 2.26. The van der Waals surface area contributed by atoms with Gasteiger partial charge >= 0.3 is 0 Å². The van der Waals surface area contributed by atoms with E-state index in [0.717, 1.165) is 40.4 Å². The number of anilines is 1. The number of ether oxygens (including phenoxy) is 1. The summed E-state index contributed by atoms with van der Waals surface area (Å²) in [6, 6.07) is 12.2. The molecule has 2 aromatic carbocycles. The first-order valence-corrected chi connectivity index (χ1v) is 12.1. The van der Waals surface area contributed by atoms with Crippen LogP contribution in [-0.2, 0) is 27.8 Å². The number of halogens is 2. The fraction of sp³-hybridized carbons (Fsp3) is 0.273. The molecule has 0 atom stereocenters. The van der Waals surface area contributed by atoms with E-state index in [1.807, 2.05) is 11.4 Å². The highest BCUT2D eigenvalue weighted by Crippen LogP contribution is 2.29. The maximum absolute atomic E-state index is 13.9. The molecule has 1 aromatic heterocycles. The summed E-state index contributed by atoms with van der Waals surface area (Å²) in [7, 11) is -4.10. The van der Waals surface area contributed by atoms with E-state index in [1.54, 1.807) is 0 Å². The average molecular weight is 465 g/mol. The molecule has 0 radical (unpaired) electrons. The zero-order valence-electron chi connectivity index (χ0n) is 16.7. The van der Waals surface area contributed by atoms with E-state index in [-0.39, 0.29) is 17.1 Å². The second-order valence-corrected chi connectivity index (χ2v) is 10.1. The molecule has 1 fully saturated rings. The normalized spacial score (nSPS) is 15.2. The molecule has 1 aliphatic heterocycles. The number of morpholine rings is 1. The topological polar surface area (TPSA) is 49.9 Å². The Balaban J connectivity index is 1.63. The van der Waals surface area contributed by atoms with Gasteiger partial charge in [0.05, 0.1) is 30.3 Å². The van der Waals surface area contributed by atoms with Crippen LogP contribution >= 0.6 is 11.3 Å². The van der Waals surface area contributed by atoms with Crippen LogP contribution in [0.4, 0.5) is 14.5 Å². The number of nitrogens with zero attached hydrogens (tertiary/aromatic N) is 2. The minimum atomic E-state index is -4.10. The van der Waals surface area contributed by atoms with Crippen LogP contribution in [-0.4, -0.2) is 39.6 Å². The molecule has 4 rings (SSSR count). The third kappa shape index (κ3) is 5.30. The summed E-state index contributed by atoms with van der Waals surface area (Å²) in [6.45, 7) is 3.90. The lowest BCUT2D eigenvalue weighted by atomic mass is 10.2. The van der Waals surface area contributed by atoms with Gasteiger partial charge in [0.15, 0.2) is 0 Å². The number of rotatable bonds is 7. The maximum atomic E-state index is 13.9. The molecule has 0 bridgehead atoms. The van der Waals surface area contributed by atoms with Gasteiger partial charge in [0, 0.05) is 24.5 Å². The van der Waals surface area contributed by atoms with Crippen LogP contribution in [0.15, 0.2) is 64.9 Å². The Morgan fingerprint density at radius 1 is 1.00 bits per heavy atom. The van der Waals surface area contributed by atoms with E-state index in [2.05, 4.69) is 4.90 Å². The fourth-order valence-corrected chi connectivity index (χ4v) is 5.87. The first-order valence-electron chi connectivity index (χ1n) is 9.82. The first kappa shape index (κ1) is 21.9. The molecule has 164 valence electrons. The average Bonchev–Trinajstić information content (AvgIpc) is 3.19. The molecule has 0 aliphatic carbocycles. The first-order chi connectivity index (χ1) is 14.9. The summed E-state index contributed by atoms with van der Waals surface area (Å²) >= 11 is 1.45. The van der Waals surface area contributed by atoms with Gasteiger partial charge in [-0.05, 0) is 53.4 Å². The molecule has 0 amide bonds. The third-order valence-corrected chi connectivity index (χ3v) is 7.74. The van der Waals surface area contributed by atoms with Gasteiger partial charge < -0.3 is 4.74 Å². The lowest BCUT2D eigenvalue weighted by Gasteiger charge is -2.26. The lowest BCUT2D eigenvalue weighted by molar-refractivity contribution is 0.0342. The molecule has 31 heavy (non-hydrogen) atoms. The predicted molar refractivity (Wildman–Crippen MR) is 117 cm³/mol. The fourth-order valence-electron chi connectivity index (χ4n) is 3.45. The van der Waals surface area contributed by atoms with Crippen molar-refractivity contribution in [3.8, 4) is 0 Å². The Labute approximate surface area is 184 Å². The number of hydrogen-bond donors (Lipinski definition) is 0. The second kappa shape index (κ2) is 9.44. The Hall–Kier alpha value is -2.33. The SMILES string of the molecule is O=S(=O)(c1cccc(F)c1)N(Cc1cc(CN2CCOCC2)cs1)c1cccc(F)c1. The van der Waals surface area contributed by atoms with Gasteiger partial charge in [-0.2, -0.15) is 0 Å². The monoisotopic (exact) mass is 464 g/mol. The number of sulfonamides is 1. The van der Waals surface area contributed by atoms with E-state index in [1.165, 1.54) is 53.8 Å². The Morgan fingerprint density at radius 3 is 2.42 bits per heavy atom. The van der Waals surface area contributed by atoms with E-state index >= 15 is 0 Å². The van der Waals surface area contributed by atoms with Crippen molar-refractivity contribution in [2.45, 2.75) is 18.0 Å². The standard InChI is InChI=1S/C22H22F2N2O3S2/c23-18-3-1-5-20(12-18)26(31(27,28)22-6-2-4-19(24)13-22)15-21-11-17(16-30-21)14-25-7-9-29-10-8-25/h1-6,11-13,16H,7-10,14-15H2. The van der Waals surface area contributed by atoms with Crippen molar-refractivity contribution in [3.05, 3.63) is 82.1 Å². The smallest absolute Gasteiger partial charge is 0.264 e. The largest absolute Gasteiger partial charge is 0.379 e. The van der Waals surface area contributed by atoms with Crippen LogP contribution < -0.4 is 4.31 Å². The van der Waals surface area contributed by atoms with E-state index < -0.39 is 21.7 Å². The second-order valence-electron chi connectivity index (χ2n) is 7.26. The molecule has 1 saturated heterocycles. The summed E-state index contributed by atoms with van der Waals surface area (Å²) < 4.78 is 60.8. The molecule has 2 heterocycles. The van der Waals surface area contributed by atoms with Crippen molar-refractivity contribution in [3.63, 3.8) is 0 Å². The summed E-state index contributed by atoms with van der Waals surface area (Å²) in [4.78, 5) is 2.91. The van der Waals surface area contributed by atoms with E-state index in [9.17, 15) is 17.2 Å². The highest BCUT2D eigenvalue weighted by atomic mass is 32.2. The zero-order valence-corrected chi connectivity index (χ0v) is 18.3. The molecule has 0 spiro atoms. The van der Waals surface area contributed by atoms with Crippen LogP contribution in [0, 0.1) is 11.6 Å². The van der Waals surface area contributed by atoms with Crippen molar-refractivity contribution in [1.29, 1.82) is 0 Å². The van der Waals surface area contributed by atoms with Crippen molar-refractivity contribution >= 4 is 27.0 Å². The molecule has 0 N–H and O–H groups in total. The van der Waals surface area contributed by atoms with Gasteiger partial charge in [0.1, 0.15) is 11.6 Å². The van der Waals surface area contributed by atoms with Crippen molar-refractivity contribution in [1.82, 2.24) is 4.90 Å². The summed E-state index contributed by atoms with van der Waals surface area (Å²) in [5, 5.41) is 2.00. The van der Waals surface area contributed by atoms with Crippen molar-refractivity contribution in [2.75, 3.05) is 30.6 Å². The van der Waals surface area contributed by atoms with Gasteiger partial charge in [0.2, 0.25) is 0 Å². The molecular formula is C22H22F2N2O3S2. The molecular weight excluding hydrogens is 442 g/mol. The zero-order chi connectivity index (χ0) is 21.8. The molecule has 5 nitrogen and oxygen atoms in total. The van der Waals surface area contributed by atoms with Gasteiger partial charge in [-0.3, -0.25) is 9.21 Å². The number of benzene rings is 2. The Bertz CT molecular complexity index is 1140. The van der Waals surface area contributed by atoms with Crippen LogP contribution in [0.2, 0.25) is 0 Å². The lowest BCUT2D eigenvalue weighted by Crippen LogP contribution is -2.35. The van der Waals surface area contributed by atoms with Crippen molar-refractivity contribution in [2.24, 2.45) is 0 Å². The van der Waals surface area contributed by atoms with E-state index in [4.69, 9.17) is 4.74 Å². The minimum absolute atomic E-state index is 0.0239. The predicted octanol–water partition coefficient (Wildman–Crippen LogP) is 4.25. The number of thiophene rings is 1. The maximum Gasteiger partial charge on any atom is 0.264 e. The van der Waals surface area contributed by atoms with Gasteiger partial charge in [-0.15, -0.1) is 11.3 Å². The Kier molecular flexibility index (Phi) is 6.66. The quantitative estimate of drug-likeness (QED) is 0.525. The summed E-state index contributed by atoms with van der Waals surface area (Å²) in [5.74, 6) is -1.19. The molecule has 1 aliphatic rings. The third-order valence-electron chi connectivity index (χ3n) is 5.00. The van der Waals surface area contributed by atoms with Crippen LogP contribution in [0.3, 0.4) is 0 Å². The highest BCUT2D eigenvalue weighted by molar-refractivity contribution is 7.92. The number of hydrogen-bond acceptors (Lipinski definition) is 5. The minimum Gasteiger partial charge on any atom is -0.379 e. The Morgan fingerprint density at radius 2 is 1.71 bits per heavy atom. The van der Waals surface area contributed by atoms with Gasteiger partial charge in [0.25, 0.3) is 10.0 Å². The van der Waals surface area contributed by atoms with E-state index in [0.29, 0.717) is 13.2 Å².